The molecule has 1 atom stereocenters. The first kappa shape index (κ1) is 15.2. The predicted molar refractivity (Wildman–Crippen MR) is 81.1 cm³/mol. The van der Waals surface area contributed by atoms with Crippen LogP contribution in [-0.4, -0.2) is 8.42 Å². The molecule has 2 aromatic carbocycles. The summed E-state index contributed by atoms with van der Waals surface area (Å²) in [6, 6.07) is 15.3. The van der Waals surface area contributed by atoms with Crippen molar-refractivity contribution in [1.29, 1.82) is 5.26 Å². The lowest BCUT2D eigenvalue weighted by atomic mass is 10.0. The van der Waals surface area contributed by atoms with Crippen LogP contribution in [0.1, 0.15) is 29.7 Å². The minimum absolute atomic E-state index is 0.00735. The van der Waals surface area contributed by atoms with Crippen LogP contribution in [0.2, 0.25) is 0 Å². The van der Waals surface area contributed by atoms with Crippen molar-refractivity contribution < 1.29 is 8.42 Å². The van der Waals surface area contributed by atoms with Gasteiger partial charge in [0.05, 0.1) is 10.5 Å². The van der Waals surface area contributed by atoms with Gasteiger partial charge in [-0.05, 0) is 37.1 Å². The number of benzene rings is 2. The van der Waals surface area contributed by atoms with Crippen molar-refractivity contribution in [3.8, 4) is 6.07 Å². The molecule has 0 saturated heterocycles. The molecule has 0 aliphatic rings. The molecule has 0 bridgehead atoms. The molecule has 0 aromatic heterocycles. The summed E-state index contributed by atoms with van der Waals surface area (Å²) in [6.07, 6.45) is 0. The summed E-state index contributed by atoms with van der Waals surface area (Å²) >= 11 is 0. The minimum Gasteiger partial charge on any atom is -0.207 e. The normalized spacial score (nSPS) is 12.6. The van der Waals surface area contributed by atoms with Crippen molar-refractivity contribution >= 4 is 10.0 Å². The van der Waals surface area contributed by atoms with Gasteiger partial charge in [0.25, 0.3) is 0 Å². The molecule has 0 saturated carbocycles. The smallest absolute Gasteiger partial charge is 0.207 e. The fourth-order valence-corrected chi connectivity index (χ4v) is 3.61. The van der Waals surface area contributed by atoms with Crippen LogP contribution in [0.4, 0.5) is 0 Å². The average molecular weight is 300 g/mol. The Labute approximate surface area is 125 Å². The standard InChI is InChI=1S/C16H16N2O2S/c1-12-7-3-5-9-15(12)13(2)18-21(19,20)16-10-6-4-8-14(16)11-17/h3-10,13,18H,1-2H3. The van der Waals surface area contributed by atoms with E-state index < -0.39 is 10.0 Å². The predicted octanol–water partition coefficient (Wildman–Crippen LogP) is 2.91. The molecule has 1 N–H and O–H groups in total. The van der Waals surface area contributed by atoms with E-state index in [-0.39, 0.29) is 16.5 Å². The number of nitrogens with zero attached hydrogens (tertiary/aromatic N) is 1. The molecule has 21 heavy (non-hydrogen) atoms. The molecule has 0 spiro atoms. The van der Waals surface area contributed by atoms with Gasteiger partial charge in [-0.2, -0.15) is 5.26 Å². The van der Waals surface area contributed by atoms with Crippen molar-refractivity contribution in [2.75, 3.05) is 0 Å². The third-order valence-electron chi connectivity index (χ3n) is 3.28. The zero-order chi connectivity index (χ0) is 15.5. The van der Waals surface area contributed by atoms with Crippen molar-refractivity contribution in [1.82, 2.24) is 4.72 Å². The van der Waals surface area contributed by atoms with Crippen molar-refractivity contribution in [2.45, 2.75) is 24.8 Å². The highest BCUT2D eigenvalue weighted by Gasteiger charge is 2.21. The van der Waals surface area contributed by atoms with Crippen LogP contribution >= 0.6 is 0 Å². The second-order valence-corrected chi connectivity index (χ2v) is 6.49. The molecule has 0 aliphatic heterocycles. The van der Waals surface area contributed by atoms with Crippen LogP contribution in [0.5, 0.6) is 0 Å². The summed E-state index contributed by atoms with van der Waals surface area (Å²) in [5, 5.41) is 9.03. The molecule has 1 unspecified atom stereocenters. The second-order valence-electron chi connectivity index (χ2n) is 4.81. The number of nitrogens with one attached hydrogen (secondary N) is 1. The molecule has 2 rings (SSSR count). The fraction of sp³-hybridized carbons (Fsp3) is 0.188. The van der Waals surface area contributed by atoms with E-state index in [2.05, 4.69) is 4.72 Å². The quantitative estimate of drug-likeness (QED) is 0.943. The van der Waals surface area contributed by atoms with E-state index in [0.717, 1.165) is 11.1 Å². The van der Waals surface area contributed by atoms with Gasteiger partial charge in [-0.25, -0.2) is 13.1 Å². The highest BCUT2D eigenvalue weighted by Crippen LogP contribution is 2.21. The molecule has 2 aromatic rings. The summed E-state index contributed by atoms with van der Waals surface area (Å²) in [4.78, 5) is 0.00735. The van der Waals surface area contributed by atoms with Gasteiger partial charge in [0.15, 0.2) is 0 Å². The van der Waals surface area contributed by atoms with E-state index >= 15 is 0 Å². The zero-order valence-electron chi connectivity index (χ0n) is 11.9. The van der Waals surface area contributed by atoms with Gasteiger partial charge in [-0.3, -0.25) is 0 Å². The minimum atomic E-state index is -3.74. The third kappa shape index (κ3) is 3.30. The number of rotatable bonds is 4. The SMILES string of the molecule is Cc1ccccc1C(C)NS(=O)(=O)c1ccccc1C#N. The Kier molecular flexibility index (Phi) is 4.41. The number of sulfonamides is 1. The van der Waals surface area contributed by atoms with E-state index in [1.165, 1.54) is 12.1 Å². The molecule has 0 radical (unpaired) electrons. The Bertz CT molecular complexity index is 792. The van der Waals surface area contributed by atoms with Crippen LogP contribution in [0.3, 0.4) is 0 Å². The molecular weight excluding hydrogens is 284 g/mol. The molecule has 0 aliphatic carbocycles. The summed E-state index contributed by atoms with van der Waals surface area (Å²) < 4.78 is 27.5. The monoisotopic (exact) mass is 300 g/mol. The van der Waals surface area contributed by atoms with Crippen LogP contribution in [0.25, 0.3) is 0 Å². The van der Waals surface area contributed by atoms with Crippen LogP contribution < -0.4 is 4.72 Å². The third-order valence-corrected chi connectivity index (χ3v) is 4.88. The highest BCUT2D eigenvalue weighted by atomic mass is 32.2. The van der Waals surface area contributed by atoms with E-state index in [0.29, 0.717) is 0 Å². The van der Waals surface area contributed by atoms with Gasteiger partial charge >= 0.3 is 0 Å². The Morgan fingerprint density at radius 2 is 1.71 bits per heavy atom. The highest BCUT2D eigenvalue weighted by molar-refractivity contribution is 7.89. The molecular formula is C16H16N2O2S. The Morgan fingerprint density at radius 1 is 1.10 bits per heavy atom. The lowest BCUT2D eigenvalue weighted by Gasteiger charge is -2.17. The largest absolute Gasteiger partial charge is 0.242 e. The molecule has 5 heteroatoms. The van der Waals surface area contributed by atoms with Gasteiger partial charge in [-0.1, -0.05) is 36.4 Å². The van der Waals surface area contributed by atoms with E-state index in [1.54, 1.807) is 19.1 Å². The van der Waals surface area contributed by atoms with E-state index in [1.807, 2.05) is 37.3 Å². The first-order chi connectivity index (χ1) is 9.95. The van der Waals surface area contributed by atoms with Gasteiger partial charge in [0.1, 0.15) is 6.07 Å². The Morgan fingerprint density at radius 3 is 2.38 bits per heavy atom. The van der Waals surface area contributed by atoms with Gasteiger partial charge in [0, 0.05) is 6.04 Å². The zero-order valence-corrected chi connectivity index (χ0v) is 12.7. The fourth-order valence-electron chi connectivity index (χ4n) is 2.23. The van der Waals surface area contributed by atoms with Gasteiger partial charge in [-0.15, -0.1) is 0 Å². The van der Waals surface area contributed by atoms with Crippen molar-refractivity contribution in [2.24, 2.45) is 0 Å². The van der Waals surface area contributed by atoms with Crippen LogP contribution in [0, 0.1) is 18.3 Å². The maximum absolute atomic E-state index is 12.4. The average Bonchev–Trinajstić information content (AvgIpc) is 2.47. The number of aryl methyl sites for hydroxylation is 1. The lowest BCUT2D eigenvalue weighted by molar-refractivity contribution is 0.566. The topological polar surface area (TPSA) is 70.0 Å². The number of nitriles is 1. The van der Waals surface area contributed by atoms with Gasteiger partial charge in [0.2, 0.25) is 10.0 Å². The summed E-state index contributed by atoms with van der Waals surface area (Å²) in [6.45, 7) is 3.72. The van der Waals surface area contributed by atoms with E-state index in [9.17, 15) is 8.42 Å². The first-order valence-corrected chi connectivity index (χ1v) is 8.01. The van der Waals surface area contributed by atoms with Crippen LogP contribution in [0.15, 0.2) is 53.4 Å². The summed E-state index contributed by atoms with van der Waals surface area (Å²) in [5.41, 5.74) is 2.07. The lowest BCUT2D eigenvalue weighted by Crippen LogP contribution is -2.28. The molecule has 0 fully saturated rings. The number of hydrogen-bond acceptors (Lipinski definition) is 3. The maximum Gasteiger partial charge on any atom is 0.242 e. The van der Waals surface area contributed by atoms with Crippen molar-refractivity contribution in [3.05, 3.63) is 65.2 Å². The molecule has 0 heterocycles. The Balaban J connectivity index is 2.34. The van der Waals surface area contributed by atoms with E-state index in [4.69, 9.17) is 5.26 Å². The first-order valence-electron chi connectivity index (χ1n) is 6.52. The van der Waals surface area contributed by atoms with Gasteiger partial charge < -0.3 is 0 Å². The molecule has 108 valence electrons. The summed E-state index contributed by atoms with van der Waals surface area (Å²) in [7, 11) is -3.74. The second kappa shape index (κ2) is 6.08. The maximum atomic E-state index is 12.4. The van der Waals surface area contributed by atoms with Crippen LogP contribution in [-0.2, 0) is 10.0 Å². The van der Waals surface area contributed by atoms with Crippen molar-refractivity contribution in [3.63, 3.8) is 0 Å². The molecule has 4 nitrogen and oxygen atoms in total. The number of hydrogen-bond donors (Lipinski definition) is 1. The molecule has 0 amide bonds. The summed E-state index contributed by atoms with van der Waals surface area (Å²) in [5.74, 6) is 0. The Hall–Kier alpha value is -2.16.